The van der Waals surface area contributed by atoms with E-state index in [1.165, 1.54) is 0 Å². The second-order valence-corrected chi connectivity index (χ2v) is 10.0. The van der Waals surface area contributed by atoms with Gasteiger partial charge in [-0.15, -0.1) is 0 Å². The number of carbonyl (C=O) groups excluding carboxylic acids is 1. The van der Waals surface area contributed by atoms with Crippen molar-refractivity contribution in [2.45, 2.75) is 45.3 Å². The first-order valence-electron chi connectivity index (χ1n) is 5.45. The predicted octanol–water partition coefficient (Wildman–Crippen LogP) is 1.81. The van der Waals surface area contributed by atoms with Crippen molar-refractivity contribution >= 4 is 24.4 Å². The van der Waals surface area contributed by atoms with Crippen LogP contribution in [0.4, 0.5) is 0 Å². The smallest absolute Gasteiger partial charge is 0.293 e. The highest BCUT2D eigenvalue weighted by atomic mass is 32.2. The summed E-state index contributed by atoms with van der Waals surface area (Å²) >= 11 is 0. The summed E-state index contributed by atoms with van der Waals surface area (Å²) in [7, 11) is -6.08. The van der Waals surface area contributed by atoms with Gasteiger partial charge in [0.25, 0.3) is 24.4 Å². The third-order valence-corrected chi connectivity index (χ3v) is 8.07. The van der Waals surface area contributed by atoms with Gasteiger partial charge in [0.15, 0.2) is 0 Å². The van der Waals surface area contributed by atoms with Crippen LogP contribution >= 0.6 is 0 Å². The molecule has 0 bridgehead atoms. The molecule has 96 valence electrons. The fourth-order valence-corrected chi connectivity index (χ4v) is 4.41. The molecule has 0 amide bonds. The van der Waals surface area contributed by atoms with Gasteiger partial charge < -0.3 is 4.43 Å². The first-order chi connectivity index (χ1) is 7.28. The Morgan fingerprint density at radius 1 is 1.19 bits per heavy atom. The second kappa shape index (κ2) is 6.36. The maximum atomic E-state index is 11.4. The summed E-state index contributed by atoms with van der Waals surface area (Å²) in [6.07, 6.45) is -0.270. The average molecular weight is 268 g/mol. The van der Waals surface area contributed by atoms with Crippen molar-refractivity contribution in [3.05, 3.63) is 0 Å². The molecule has 7 heteroatoms. The van der Waals surface area contributed by atoms with E-state index in [1.807, 2.05) is 20.8 Å². The van der Waals surface area contributed by atoms with Crippen LogP contribution in [0.5, 0.6) is 0 Å². The van der Waals surface area contributed by atoms with E-state index in [0.29, 0.717) is 0 Å². The molecule has 0 spiro atoms. The highest BCUT2D eigenvalue weighted by Gasteiger charge is 2.32. The zero-order valence-corrected chi connectivity index (χ0v) is 11.8. The van der Waals surface area contributed by atoms with Gasteiger partial charge in [-0.05, 0) is 18.1 Å². The van der Waals surface area contributed by atoms with E-state index in [1.54, 1.807) is 0 Å². The van der Waals surface area contributed by atoms with Crippen LogP contribution in [0.3, 0.4) is 0 Å². The summed E-state index contributed by atoms with van der Waals surface area (Å²) < 4.78 is 34.9. The van der Waals surface area contributed by atoms with Gasteiger partial charge >= 0.3 is 0 Å². The van der Waals surface area contributed by atoms with Gasteiger partial charge in [0.1, 0.15) is 0 Å². The Balaban J connectivity index is 4.32. The molecule has 0 aromatic carbocycles. The molecule has 0 aliphatic carbocycles. The van der Waals surface area contributed by atoms with Crippen LogP contribution in [-0.2, 0) is 19.3 Å². The van der Waals surface area contributed by atoms with Crippen molar-refractivity contribution in [3.8, 4) is 0 Å². The van der Waals surface area contributed by atoms with E-state index in [0.717, 1.165) is 18.1 Å². The Labute approximate surface area is 98.1 Å². The largest absolute Gasteiger partial charge is 0.519 e. The lowest BCUT2D eigenvalue weighted by Crippen LogP contribution is -2.38. The highest BCUT2D eigenvalue weighted by Crippen LogP contribution is 2.22. The van der Waals surface area contributed by atoms with Crippen LogP contribution in [0, 0.1) is 0 Å². The van der Waals surface area contributed by atoms with Crippen LogP contribution in [0.25, 0.3) is 0 Å². The van der Waals surface area contributed by atoms with Crippen molar-refractivity contribution in [1.29, 1.82) is 0 Å². The molecule has 5 nitrogen and oxygen atoms in total. The Hall–Kier alpha value is -0.403. The Kier molecular flexibility index (Phi) is 6.20. The van der Waals surface area contributed by atoms with Crippen LogP contribution in [0.1, 0.15) is 27.2 Å². The zero-order chi connectivity index (χ0) is 12.8. The summed E-state index contributed by atoms with van der Waals surface area (Å²) in [5.74, 6) is -1.08. The number of carbonyl (C=O) groups is 1. The predicted molar refractivity (Wildman–Crippen MR) is 64.3 cm³/mol. The van der Waals surface area contributed by atoms with E-state index in [-0.39, 0.29) is 6.42 Å². The first kappa shape index (κ1) is 15.6. The summed E-state index contributed by atoms with van der Waals surface area (Å²) in [4.78, 5) is 11.4. The third kappa shape index (κ3) is 5.62. The zero-order valence-electron chi connectivity index (χ0n) is 10.0. The monoisotopic (exact) mass is 268 g/mol. The van der Waals surface area contributed by atoms with E-state index < -0.39 is 30.2 Å². The molecule has 0 fully saturated rings. The van der Waals surface area contributed by atoms with Crippen LogP contribution in [0.2, 0.25) is 18.1 Å². The van der Waals surface area contributed by atoms with Gasteiger partial charge in [-0.3, -0.25) is 9.35 Å². The third-order valence-electron chi connectivity index (χ3n) is 2.83. The fourth-order valence-electron chi connectivity index (χ4n) is 1.47. The summed E-state index contributed by atoms with van der Waals surface area (Å²) in [6.45, 7) is 5.94. The minimum atomic E-state index is -4.08. The second-order valence-electron chi connectivity index (χ2n) is 3.75. The molecule has 0 rings (SSSR count). The van der Waals surface area contributed by atoms with Gasteiger partial charge in [0.05, 0.1) is 12.2 Å². The molecule has 0 saturated carbocycles. The maximum Gasteiger partial charge on any atom is 0.293 e. The molecular weight excluding hydrogens is 248 g/mol. The molecule has 0 aliphatic rings. The topological polar surface area (TPSA) is 80.7 Å². The van der Waals surface area contributed by atoms with Crippen molar-refractivity contribution < 1.29 is 22.2 Å². The lowest BCUT2D eigenvalue weighted by molar-refractivity contribution is -0.134. The van der Waals surface area contributed by atoms with Crippen molar-refractivity contribution in [1.82, 2.24) is 0 Å². The molecule has 0 aliphatic heterocycles. The van der Waals surface area contributed by atoms with E-state index in [9.17, 15) is 13.2 Å². The summed E-state index contributed by atoms with van der Waals surface area (Å²) in [5, 5.41) is 0. The Morgan fingerprint density at radius 3 is 1.94 bits per heavy atom. The van der Waals surface area contributed by atoms with Gasteiger partial charge in [-0.25, -0.2) is 0 Å². The first-order valence-corrected chi connectivity index (χ1v) is 9.59. The van der Waals surface area contributed by atoms with E-state index in [2.05, 4.69) is 0 Å². The molecule has 0 aromatic rings. The van der Waals surface area contributed by atoms with Gasteiger partial charge in [-0.1, -0.05) is 20.8 Å². The average Bonchev–Trinajstić information content (AvgIpc) is 2.22. The minimum absolute atomic E-state index is 0.270. The molecule has 0 radical (unpaired) electrons. The van der Waals surface area contributed by atoms with Gasteiger partial charge in [0, 0.05) is 0 Å². The van der Waals surface area contributed by atoms with Crippen LogP contribution in [0.15, 0.2) is 0 Å². The van der Waals surface area contributed by atoms with Crippen molar-refractivity contribution in [2.24, 2.45) is 0 Å². The SMILES string of the molecule is CC[Si](CC)(CC)OC(=O)CCS(=O)(=O)O. The quantitative estimate of drug-likeness (QED) is 0.562. The lowest BCUT2D eigenvalue weighted by atomic mass is 10.5. The highest BCUT2D eigenvalue weighted by molar-refractivity contribution is 7.85. The molecule has 0 atom stereocenters. The standard InChI is InChI=1S/C9H20O5SSi/c1-4-16(5-2,6-3)14-9(10)7-8-15(11,12)13/h4-8H2,1-3H3,(H,11,12,13). The normalized spacial score (nSPS) is 12.5. The Bertz CT molecular complexity index is 313. The molecule has 1 N–H and O–H groups in total. The van der Waals surface area contributed by atoms with E-state index >= 15 is 0 Å². The number of hydrogen-bond acceptors (Lipinski definition) is 4. The summed E-state index contributed by atoms with van der Waals surface area (Å²) in [5.41, 5.74) is 0. The molecule has 0 heterocycles. The molecule has 16 heavy (non-hydrogen) atoms. The maximum absolute atomic E-state index is 11.4. The number of rotatable bonds is 7. The molecule has 0 aromatic heterocycles. The van der Waals surface area contributed by atoms with Crippen LogP contribution in [-0.4, -0.2) is 33.0 Å². The summed E-state index contributed by atoms with van der Waals surface area (Å²) in [6, 6.07) is 2.49. The van der Waals surface area contributed by atoms with Crippen molar-refractivity contribution in [2.75, 3.05) is 5.75 Å². The van der Waals surface area contributed by atoms with E-state index in [4.69, 9.17) is 8.98 Å². The fraction of sp³-hybridized carbons (Fsp3) is 0.889. The molecule has 0 saturated heterocycles. The van der Waals surface area contributed by atoms with Crippen LogP contribution < -0.4 is 0 Å². The van der Waals surface area contributed by atoms with Gasteiger partial charge in [0.2, 0.25) is 0 Å². The minimum Gasteiger partial charge on any atom is -0.519 e. The lowest BCUT2D eigenvalue weighted by Gasteiger charge is -2.27. The van der Waals surface area contributed by atoms with Crippen molar-refractivity contribution in [3.63, 3.8) is 0 Å². The Morgan fingerprint density at radius 2 is 1.62 bits per heavy atom. The van der Waals surface area contributed by atoms with Gasteiger partial charge in [-0.2, -0.15) is 8.42 Å². The molecule has 0 unspecified atom stereocenters. The number of hydrogen-bond donors (Lipinski definition) is 1. The molecular formula is C9H20O5SSi.